The van der Waals surface area contributed by atoms with Gasteiger partial charge >= 0.3 is 0 Å². The van der Waals surface area contributed by atoms with E-state index >= 15 is 0 Å². The van der Waals surface area contributed by atoms with Crippen molar-refractivity contribution in [2.24, 2.45) is 5.41 Å². The molecule has 1 aromatic rings. The Labute approximate surface area is 97.7 Å². The lowest BCUT2D eigenvalue weighted by molar-refractivity contribution is 0.349. The molecule has 0 aliphatic heterocycles. The Morgan fingerprint density at radius 2 is 2.06 bits per heavy atom. The molecule has 1 saturated carbocycles. The van der Waals surface area contributed by atoms with Crippen molar-refractivity contribution >= 4 is 5.82 Å². The molecule has 1 unspecified atom stereocenters. The summed E-state index contributed by atoms with van der Waals surface area (Å²) in [5.41, 5.74) is 2.40. The highest BCUT2D eigenvalue weighted by atomic mass is 15.1. The van der Waals surface area contributed by atoms with Gasteiger partial charge in [-0.05, 0) is 32.1 Å². The van der Waals surface area contributed by atoms with Crippen LogP contribution < -0.4 is 5.32 Å². The third kappa shape index (κ3) is 2.18. The number of aryl methyl sites for hydroxylation is 2. The van der Waals surface area contributed by atoms with Crippen LogP contribution in [0.25, 0.3) is 0 Å². The van der Waals surface area contributed by atoms with Crippen LogP contribution in [0.15, 0.2) is 6.20 Å². The zero-order valence-electron chi connectivity index (χ0n) is 10.7. The molecule has 3 nitrogen and oxygen atoms in total. The highest BCUT2D eigenvalue weighted by Gasteiger charge is 2.34. The van der Waals surface area contributed by atoms with Crippen molar-refractivity contribution in [2.45, 2.75) is 53.0 Å². The average molecular weight is 219 g/mol. The lowest BCUT2D eigenvalue weighted by Gasteiger charge is -2.28. The summed E-state index contributed by atoms with van der Waals surface area (Å²) in [6, 6.07) is 0.531. The fourth-order valence-corrected chi connectivity index (χ4v) is 2.38. The molecular formula is C13H21N3. The molecule has 16 heavy (non-hydrogen) atoms. The summed E-state index contributed by atoms with van der Waals surface area (Å²) in [7, 11) is 0. The van der Waals surface area contributed by atoms with Crippen LogP contribution in [0, 0.1) is 19.3 Å². The molecule has 1 heterocycles. The molecule has 0 saturated heterocycles. The Morgan fingerprint density at radius 1 is 1.31 bits per heavy atom. The fraction of sp³-hybridized carbons (Fsp3) is 0.692. The largest absolute Gasteiger partial charge is 0.366 e. The van der Waals surface area contributed by atoms with E-state index in [1.165, 1.54) is 19.3 Å². The Balaban J connectivity index is 2.12. The van der Waals surface area contributed by atoms with E-state index in [1.54, 1.807) is 0 Å². The van der Waals surface area contributed by atoms with Crippen LogP contribution in [-0.2, 0) is 0 Å². The predicted molar refractivity (Wildman–Crippen MR) is 66.5 cm³/mol. The van der Waals surface area contributed by atoms with Crippen LogP contribution in [0.4, 0.5) is 5.82 Å². The Morgan fingerprint density at radius 3 is 2.62 bits per heavy atom. The van der Waals surface area contributed by atoms with Gasteiger partial charge in [0.1, 0.15) is 5.82 Å². The summed E-state index contributed by atoms with van der Waals surface area (Å²) in [4.78, 5) is 8.87. The minimum atomic E-state index is 0.375. The molecule has 1 aromatic heterocycles. The van der Waals surface area contributed by atoms with Gasteiger partial charge < -0.3 is 5.32 Å². The highest BCUT2D eigenvalue weighted by Crippen LogP contribution is 2.38. The molecule has 0 amide bonds. The summed E-state index contributed by atoms with van der Waals surface area (Å²) in [5, 5.41) is 3.53. The van der Waals surface area contributed by atoms with Crippen molar-refractivity contribution in [2.75, 3.05) is 5.32 Å². The zero-order chi connectivity index (χ0) is 11.8. The van der Waals surface area contributed by atoms with Crippen LogP contribution in [0.2, 0.25) is 0 Å². The number of hydrogen-bond donors (Lipinski definition) is 1. The SMILES string of the molecule is Cc1ncc(NC2CCCC2(C)C)nc1C. The summed E-state index contributed by atoms with van der Waals surface area (Å²) in [6.07, 6.45) is 5.68. The number of nitrogens with one attached hydrogen (secondary N) is 1. The van der Waals surface area contributed by atoms with Crippen molar-refractivity contribution in [3.05, 3.63) is 17.6 Å². The second-order valence-electron chi connectivity index (χ2n) is 5.50. The zero-order valence-corrected chi connectivity index (χ0v) is 10.7. The summed E-state index contributed by atoms with van der Waals surface area (Å²) in [5.74, 6) is 0.920. The first kappa shape index (κ1) is 11.4. The Bertz CT molecular complexity index is 385. The highest BCUT2D eigenvalue weighted by molar-refractivity contribution is 5.35. The molecule has 0 radical (unpaired) electrons. The molecular weight excluding hydrogens is 198 g/mol. The van der Waals surface area contributed by atoms with E-state index in [0.717, 1.165) is 17.2 Å². The lowest BCUT2D eigenvalue weighted by atomic mass is 9.87. The molecule has 3 heteroatoms. The molecule has 0 aromatic carbocycles. The van der Waals surface area contributed by atoms with Gasteiger partial charge in [0, 0.05) is 6.04 Å². The van der Waals surface area contributed by atoms with Gasteiger partial charge in [0.15, 0.2) is 0 Å². The van der Waals surface area contributed by atoms with Crippen molar-refractivity contribution in [3.63, 3.8) is 0 Å². The molecule has 2 rings (SSSR count). The first-order chi connectivity index (χ1) is 7.49. The van der Waals surface area contributed by atoms with Gasteiger partial charge in [0.2, 0.25) is 0 Å². The molecule has 0 bridgehead atoms. The number of hydrogen-bond acceptors (Lipinski definition) is 3. The molecule has 1 N–H and O–H groups in total. The molecule has 1 aliphatic rings. The summed E-state index contributed by atoms with van der Waals surface area (Å²) < 4.78 is 0. The maximum Gasteiger partial charge on any atom is 0.145 e. The van der Waals surface area contributed by atoms with E-state index in [0.29, 0.717) is 11.5 Å². The fourth-order valence-electron chi connectivity index (χ4n) is 2.38. The van der Waals surface area contributed by atoms with Crippen molar-refractivity contribution in [3.8, 4) is 0 Å². The smallest absolute Gasteiger partial charge is 0.145 e. The van der Waals surface area contributed by atoms with E-state index in [9.17, 15) is 0 Å². The third-order valence-corrected chi connectivity index (χ3v) is 3.77. The van der Waals surface area contributed by atoms with E-state index in [2.05, 4.69) is 29.1 Å². The first-order valence-corrected chi connectivity index (χ1v) is 6.06. The van der Waals surface area contributed by atoms with Crippen molar-refractivity contribution in [1.29, 1.82) is 0 Å². The van der Waals surface area contributed by atoms with Gasteiger partial charge in [-0.2, -0.15) is 0 Å². The predicted octanol–water partition coefficient (Wildman–Crippen LogP) is 3.08. The minimum absolute atomic E-state index is 0.375. The molecule has 88 valence electrons. The van der Waals surface area contributed by atoms with Crippen LogP contribution in [0.5, 0.6) is 0 Å². The number of nitrogens with zero attached hydrogens (tertiary/aromatic N) is 2. The Kier molecular flexibility index (Phi) is 2.87. The standard InChI is InChI=1S/C13H21N3/c1-9-10(2)15-12(8-14-9)16-11-6-5-7-13(11,3)4/h8,11H,5-7H2,1-4H3,(H,15,16). The van der Waals surface area contributed by atoms with Crippen LogP contribution in [0.1, 0.15) is 44.5 Å². The third-order valence-electron chi connectivity index (χ3n) is 3.77. The topological polar surface area (TPSA) is 37.8 Å². The van der Waals surface area contributed by atoms with Crippen LogP contribution in [0.3, 0.4) is 0 Å². The summed E-state index contributed by atoms with van der Waals surface area (Å²) >= 11 is 0. The van der Waals surface area contributed by atoms with E-state index in [4.69, 9.17) is 0 Å². The first-order valence-electron chi connectivity index (χ1n) is 6.06. The number of aromatic nitrogens is 2. The van der Waals surface area contributed by atoms with E-state index in [-0.39, 0.29) is 0 Å². The van der Waals surface area contributed by atoms with Gasteiger partial charge in [-0.3, -0.25) is 4.98 Å². The number of anilines is 1. The van der Waals surface area contributed by atoms with Gasteiger partial charge in [-0.25, -0.2) is 4.98 Å². The second kappa shape index (κ2) is 4.04. The van der Waals surface area contributed by atoms with E-state index in [1.807, 2.05) is 20.0 Å². The molecule has 0 spiro atoms. The minimum Gasteiger partial charge on any atom is -0.366 e. The Hall–Kier alpha value is -1.12. The molecule has 1 aliphatic carbocycles. The monoisotopic (exact) mass is 219 g/mol. The van der Waals surface area contributed by atoms with Gasteiger partial charge in [0.05, 0.1) is 17.6 Å². The number of rotatable bonds is 2. The van der Waals surface area contributed by atoms with Crippen LogP contribution in [-0.4, -0.2) is 16.0 Å². The van der Waals surface area contributed by atoms with Crippen LogP contribution >= 0.6 is 0 Å². The average Bonchev–Trinajstić information content (AvgIpc) is 2.52. The summed E-state index contributed by atoms with van der Waals surface area (Å²) in [6.45, 7) is 8.65. The van der Waals surface area contributed by atoms with Gasteiger partial charge in [0.25, 0.3) is 0 Å². The van der Waals surface area contributed by atoms with Crippen molar-refractivity contribution in [1.82, 2.24) is 9.97 Å². The maximum atomic E-state index is 4.53. The van der Waals surface area contributed by atoms with Gasteiger partial charge in [-0.1, -0.05) is 20.3 Å². The maximum absolute atomic E-state index is 4.53. The normalized spacial score (nSPS) is 23.4. The van der Waals surface area contributed by atoms with E-state index < -0.39 is 0 Å². The molecule has 1 fully saturated rings. The molecule has 1 atom stereocenters. The van der Waals surface area contributed by atoms with Gasteiger partial charge in [-0.15, -0.1) is 0 Å². The lowest BCUT2D eigenvalue weighted by Crippen LogP contribution is -2.31. The second-order valence-corrected chi connectivity index (χ2v) is 5.50. The van der Waals surface area contributed by atoms with Crippen molar-refractivity contribution < 1.29 is 0 Å². The quantitative estimate of drug-likeness (QED) is 0.830.